The van der Waals surface area contributed by atoms with E-state index >= 15 is 0 Å². The van der Waals surface area contributed by atoms with Crippen molar-refractivity contribution in [3.8, 4) is 0 Å². The molecule has 0 aliphatic heterocycles. The van der Waals surface area contributed by atoms with Gasteiger partial charge >= 0.3 is 11.9 Å². The van der Waals surface area contributed by atoms with Gasteiger partial charge in [0.25, 0.3) is 5.69 Å². The van der Waals surface area contributed by atoms with Crippen LogP contribution in [0.15, 0.2) is 42.5 Å². The van der Waals surface area contributed by atoms with E-state index in [1.165, 1.54) is 31.4 Å². The zero-order chi connectivity index (χ0) is 17.7. The van der Waals surface area contributed by atoms with Gasteiger partial charge in [0.05, 0.1) is 17.6 Å². The van der Waals surface area contributed by atoms with Gasteiger partial charge in [-0.25, -0.2) is 9.59 Å². The number of rotatable bonds is 5. The smallest absolute Gasteiger partial charge is 0.345 e. The summed E-state index contributed by atoms with van der Waals surface area (Å²) in [6, 6.07) is 9.87. The van der Waals surface area contributed by atoms with E-state index in [1.807, 2.05) is 0 Å². The first-order chi connectivity index (χ1) is 11.4. The molecule has 0 saturated heterocycles. The lowest BCUT2D eigenvalue weighted by atomic mass is 10.1. The zero-order valence-electron chi connectivity index (χ0n) is 12.5. The standard InChI is InChI=1S/C16H12ClNO6/c1-23-15(19)11-4-2-10(3-5-11)9-24-16(20)13-8-12(17)6-7-14(13)18(21)22/h2-8H,9H2,1H3. The van der Waals surface area contributed by atoms with Gasteiger partial charge in [0.2, 0.25) is 0 Å². The van der Waals surface area contributed by atoms with Crippen molar-refractivity contribution in [3.05, 3.63) is 74.3 Å². The highest BCUT2D eigenvalue weighted by Gasteiger charge is 2.21. The van der Waals surface area contributed by atoms with Gasteiger partial charge in [-0.15, -0.1) is 0 Å². The van der Waals surface area contributed by atoms with E-state index in [2.05, 4.69) is 4.74 Å². The molecule has 0 N–H and O–H groups in total. The second-order valence-electron chi connectivity index (χ2n) is 4.68. The molecule has 0 unspecified atom stereocenters. The molecule has 124 valence electrons. The highest BCUT2D eigenvalue weighted by Crippen LogP contribution is 2.23. The van der Waals surface area contributed by atoms with Gasteiger partial charge in [-0.1, -0.05) is 23.7 Å². The molecule has 0 aromatic heterocycles. The zero-order valence-corrected chi connectivity index (χ0v) is 13.3. The van der Waals surface area contributed by atoms with Crippen LogP contribution in [0.25, 0.3) is 0 Å². The van der Waals surface area contributed by atoms with Crippen molar-refractivity contribution in [2.75, 3.05) is 7.11 Å². The van der Waals surface area contributed by atoms with E-state index in [-0.39, 0.29) is 22.9 Å². The van der Waals surface area contributed by atoms with E-state index in [0.717, 1.165) is 6.07 Å². The van der Waals surface area contributed by atoms with Crippen LogP contribution < -0.4 is 0 Å². The quantitative estimate of drug-likeness (QED) is 0.466. The Kier molecular flexibility index (Phi) is 5.49. The maximum Gasteiger partial charge on any atom is 0.345 e. The van der Waals surface area contributed by atoms with Crippen molar-refractivity contribution < 1.29 is 24.0 Å². The number of nitro benzene ring substituents is 1. The number of halogens is 1. The fourth-order valence-electron chi connectivity index (χ4n) is 1.91. The van der Waals surface area contributed by atoms with E-state index < -0.39 is 16.9 Å². The number of carbonyl (C=O) groups excluding carboxylic acids is 2. The van der Waals surface area contributed by atoms with Gasteiger partial charge in [-0.2, -0.15) is 0 Å². The summed E-state index contributed by atoms with van der Waals surface area (Å²) in [6.07, 6.45) is 0. The Balaban J connectivity index is 2.10. The van der Waals surface area contributed by atoms with Crippen LogP contribution in [0.4, 0.5) is 5.69 Å². The topological polar surface area (TPSA) is 95.7 Å². The molecule has 2 aromatic carbocycles. The minimum Gasteiger partial charge on any atom is -0.465 e. The Morgan fingerprint density at radius 2 is 1.79 bits per heavy atom. The Labute approximate surface area is 141 Å². The highest BCUT2D eigenvalue weighted by molar-refractivity contribution is 6.31. The Morgan fingerprint density at radius 3 is 2.38 bits per heavy atom. The molecule has 0 fully saturated rings. The summed E-state index contributed by atoms with van der Waals surface area (Å²) in [5, 5.41) is 11.1. The monoisotopic (exact) mass is 349 g/mol. The maximum absolute atomic E-state index is 12.1. The van der Waals surface area contributed by atoms with Crippen LogP contribution in [0.2, 0.25) is 5.02 Å². The SMILES string of the molecule is COC(=O)c1ccc(COC(=O)c2cc(Cl)ccc2[N+](=O)[O-])cc1. The lowest BCUT2D eigenvalue weighted by Crippen LogP contribution is -2.08. The Bertz CT molecular complexity index is 788. The van der Waals surface area contributed by atoms with Crippen LogP contribution in [0, 0.1) is 10.1 Å². The first-order valence-corrected chi connectivity index (χ1v) is 7.08. The molecule has 0 spiro atoms. The van der Waals surface area contributed by atoms with Crippen LogP contribution >= 0.6 is 11.6 Å². The summed E-state index contributed by atoms with van der Waals surface area (Å²) in [4.78, 5) is 33.7. The molecular formula is C16H12ClNO6. The van der Waals surface area contributed by atoms with Crippen LogP contribution in [-0.2, 0) is 16.1 Å². The summed E-state index contributed by atoms with van der Waals surface area (Å²) in [7, 11) is 1.27. The molecule has 0 saturated carbocycles. The largest absolute Gasteiger partial charge is 0.465 e. The van der Waals surface area contributed by atoms with Crippen molar-refractivity contribution in [2.45, 2.75) is 6.61 Å². The van der Waals surface area contributed by atoms with Crippen LogP contribution in [0.5, 0.6) is 0 Å². The molecular weight excluding hydrogens is 338 g/mol. The number of nitrogens with zero attached hydrogens (tertiary/aromatic N) is 1. The summed E-state index contributed by atoms with van der Waals surface area (Å²) < 4.78 is 9.65. The third kappa shape index (κ3) is 4.08. The first kappa shape index (κ1) is 17.4. The molecule has 0 heterocycles. The summed E-state index contributed by atoms with van der Waals surface area (Å²) in [6.45, 7) is -0.107. The second kappa shape index (κ2) is 7.56. The third-order valence-corrected chi connectivity index (χ3v) is 3.36. The number of carbonyl (C=O) groups is 2. The van der Waals surface area contributed by atoms with Gasteiger partial charge in [0.15, 0.2) is 0 Å². The minimum atomic E-state index is -0.860. The molecule has 8 heteroatoms. The van der Waals surface area contributed by atoms with E-state index in [1.54, 1.807) is 12.1 Å². The summed E-state index contributed by atoms with van der Waals surface area (Å²) >= 11 is 5.77. The second-order valence-corrected chi connectivity index (χ2v) is 5.12. The molecule has 0 aliphatic carbocycles. The number of esters is 2. The average Bonchev–Trinajstić information content (AvgIpc) is 2.59. The molecule has 0 atom stereocenters. The number of hydrogen-bond acceptors (Lipinski definition) is 6. The van der Waals surface area contributed by atoms with Crippen LogP contribution in [-0.4, -0.2) is 24.0 Å². The van der Waals surface area contributed by atoms with Gasteiger partial charge in [0.1, 0.15) is 12.2 Å². The van der Waals surface area contributed by atoms with E-state index in [9.17, 15) is 19.7 Å². The van der Waals surface area contributed by atoms with Crippen molar-refractivity contribution in [1.29, 1.82) is 0 Å². The molecule has 0 radical (unpaired) electrons. The molecule has 7 nitrogen and oxygen atoms in total. The molecule has 2 aromatic rings. The average molecular weight is 350 g/mol. The molecule has 24 heavy (non-hydrogen) atoms. The molecule has 2 rings (SSSR count). The fraction of sp³-hybridized carbons (Fsp3) is 0.125. The van der Waals surface area contributed by atoms with Crippen molar-refractivity contribution in [2.24, 2.45) is 0 Å². The molecule has 0 bridgehead atoms. The molecule has 0 amide bonds. The number of methoxy groups -OCH3 is 1. The van der Waals surface area contributed by atoms with Gasteiger partial charge < -0.3 is 9.47 Å². The lowest BCUT2D eigenvalue weighted by molar-refractivity contribution is -0.385. The molecule has 0 aliphatic rings. The van der Waals surface area contributed by atoms with E-state index in [0.29, 0.717) is 11.1 Å². The van der Waals surface area contributed by atoms with Gasteiger partial charge in [0, 0.05) is 11.1 Å². The van der Waals surface area contributed by atoms with Gasteiger partial charge in [-0.05, 0) is 29.8 Å². The lowest BCUT2D eigenvalue weighted by Gasteiger charge is -2.07. The predicted molar refractivity (Wildman–Crippen MR) is 85.0 cm³/mol. The Hall–Kier alpha value is -2.93. The summed E-state index contributed by atoms with van der Waals surface area (Å²) in [5.74, 6) is -1.34. The van der Waals surface area contributed by atoms with Crippen molar-refractivity contribution >= 4 is 29.2 Å². The van der Waals surface area contributed by atoms with Crippen molar-refractivity contribution in [1.82, 2.24) is 0 Å². The van der Waals surface area contributed by atoms with Crippen LogP contribution in [0.1, 0.15) is 26.3 Å². The number of benzene rings is 2. The maximum atomic E-state index is 12.1. The minimum absolute atomic E-state index is 0.107. The number of hydrogen-bond donors (Lipinski definition) is 0. The van der Waals surface area contributed by atoms with Gasteiger partial charge in [-0.3, -0.25) is 10.1 Å². The third-order valence-electron chi connectivity index (χ3n) is 3.12. The van der Waals surface area contributed by atoms with Crippen molar-refractivity contribution in [3.63, 3.8) is 0 Å². The number of nitro groups is 1. The normalized spacial score (nSPS) is 10.1. The highest BCUT2D eigenvalue weighted by atomic mass is 35.5. The van der Waals surface area contributed by atoms with Crippen LogP contribution in [0.3, 0.4) is 0 Å². The first-order valence-electron chi connectivity index (χ1n) is 6.70. The van der Waals surface area contributed by atoms with E-state index in [4.69, 9.17) is 16.3 Å². The predicted octanol–water partition coefficient (Wildman–Crippen LogP) is 3.39. The Morgan fingerprint density at radius 1 is 1.12 bits per heavy atom. The number of ether oxygens (including phenoxy) is 2. The fourth-order valence-corrected chi connectivity index (χ4v) is 2.08. The summed E-state index contributed by atoms with van der Waals surface area (Å²) in [5.41, 5.74) is 0.364.